The molecule has 3 heterocycles. The third kappa shape index (κ3) is 8.91. The molecule has 2 aliphatic carbocycles. The maximum Gasteiger partial charge on any atom is 0.407 e. The summed E-state index contributed by atoms with van der Waals surface area (Å²) >= 11 is 0. The summed E-state index contributed by atoms with van der Waals surface area (Å²) in [5.41, 5.74) is 6.04. The monoisotopic (exact) mass is 842 g/mol. The first kappa shape index (κ1) is 42.5. The van der Waals surface area contributed by atoms with Crippen LogP contribution in [0.15, 0.2) is 73.1 Å². The highest BCUT2D eigenvalue weighted by molar-refractivity contribution is 5.91. The molecule has 0 unspecified atom stereocenters. The number of nitrogens with one attached hydrogen (secondary N) is 4. The van der Waals surface area contributed by atoms with Crippen LogP contribution in [0.1, 0.15) is 90.3 Å². The quantitative estimate of drug-likeness (QED) is 0.0915. The summed E-state index contributed by atoms with van der Waals surface area (Å²) in [6, 6.07) is 19.7. The maximum absolute atomic E-state index is 14.0. The zero-order chi connectivity index (χ0) is 43.7. The summed E-state index contributed by atoms with van der Waals surface area (Å²) in [6.45, 7) is 8.93. The van der Waals surface area contributed by atoms with Crippen LogP contribution in [0.2, 0.25) is 0 Å². The average Bonchev–Trinajstić information content (AvgIpc) is 3.77. The standard InChI is InChI=1S/C48H58N8O6/c1-7-37(53-46(59)61-5)44(57)56-27-48(18-19-48)23-40(56)43-50-25-39(52-43)35-16-15-33-21-32(13-14-34(33)22-35)30-9-11-31(12-10-30)38-24-49-41(51-38)26-55(36-17-8-29(4)20-36)45(58)42(28(2)3)54-47(60)62-6/h9-16,21-22,24-25,28-29,36-37,40,42H,7-8,17-20,23,26-27H2,1-6H3,(H,49,51)(H,50,52)(H,53,59)(H,54,60)/t29-,36+,37-,40-,42-/m0/s1. The zero-order valence-corrected chi connectivity index (χ0v) is 36.5. The number of fused-ring (bicyclic) bond motifs is 1. The van der Waals surface area contributed by atoms with Crippen molar-refractivity contribution in [2.45, 2.75) is 103 Å². The second-order valence-corrected chi connectivity index (χ2v) is 18.0. The third-order valence-electron chi connectivity index (χ3n) is 13.3. The van der Waals surface area contributed by atoms with Crippen molar-refractivity contribution in [2.75, 3.05) is 20.8 Å². The van der Waals surface area contributed by atoms with Crippen molar-refractivity contribution in [1.29, 1.82) is 0 Å². The molecular formula is C48H58N8O6. The van der Waals surface area contributed by atoms with E-state index in [1.54, 1.807) is 0 Å². The van der Waals surface area contributed by atoms with Gasteiger partial charge in [-0.05, 0) is 102 Å². The molecule has 5 aromatic rings. The van der Waals surface area contributed by atoms with Crippen LogP contribution < -0.4 is 10.6 Å². The number of H-pyrrole nitrogens is 2. The fourth-order valence-electron chi connectivity index (χ4n) is 9.37. The molecule has 1 aliphatic heterocycles. The average molecular weight is 843 g/mol. The minimum Gasteiger partial charge on any atom is -0.453 e. The predicted octanol–water partition coefficient (Wildman–Crippen LogP) is 8.37. The van der Waals surface area contributed by atoms with Gasteiger partial charge in [0.15, 0.2) is 0 Å². The Balaban J connectivity index is 0.950. The molecule has 2 saturated carbocycles. The second-order valence-electron chi connectivity index (χ2n) is 18.0. The molecule has 3 fully saturated rings. The van der Waals surface area contributed by atoms with E-state index in [1.807, 2.05) is 43.0 Å². The summed E-state index contributed by atoms with van der Waals surface area (Å²) in [6.07, 6.45) is 8.81. The van der Waals surface area contributed by atoms with E-state index in [0.29, 0.717) is 31.3 Å². The Bertz CT molecular complexity index is 2440. The number of alkyl carbamates (subject to hydrolysis) is 2. The summed E-state index contributed by atoms with van der Waals surface area (Å²) in [7, 11) is 2.61. The number of hydrogen-bond donors (Lipinski definition) is 4. The fourth-order valence-corrected chi connectivity index (χ4v) is 9.37. The number of likely N-dealkylation sites (tertiary alicyclic amines) is 1. The molecule has 3 aromatic carbocycles. The predicted molar refractivity (Wildman–Crippen MR) is 236 cm³/mol. The lowest BCUT2D eigenvalue weighted by Crippen LogP contribution is -2.53. The molecule has 4 N–H and O–H groups in total. The number of methoxy groups -OCH3 is 2. The van der Waals surface area contributed by atoms with E-state index < -0.39 is 24.3 Å². The van der Waals surface area contributed by atoms with E-state index in [4.69, 9.17) is 19.4 Å². The molecule has 1 spiro atoms. The number of amides is 4. The number of hydrogen-bond acceptors (Lipinski definition) is 8. The summed E-state index contributed by atoms with van der Waals surface area (Å²) < 4.78 is 9.61. The molecule has 0 bridgehead atoms. The van der Waals surface area contributed by atoms with Gasteiger partial charge in [-0.25, -0.2) is 19.6 Å². The molecule has 0 radical (unpaired) electrons. The van der Waals surface area contributed by atoms with E-state index in [2.05, 4.69) is 88.2 Å². The minimum absolute atomic E-state index is 0.0677. The lowest BCUT2D eigenvalue weighted by atomic mass is 9.98. The second kappa shape index (κ2) is 17.7. The highest BCUT2D eigenvalue weighted by atomic mass is 16.5. The van der Waals surface area contributed by atoms with E-state index in [-0.39, 0.29) is 35.2 Å². The Morgan fingerprint density at radius 3 is 2.11 bits per heavy atom. The molecule has 3 aliphatic rings. The van der Waals surface area contributed by atoms with Gasteiger partial charge >= 0.3 is 12.2 Å². The van der Waals surface area contributed by atoms with E-state index in [1.165, 1.54) is 14.2 Å². The number of nitrogens with zero attached hydrogens (tertiary/aromatic N) is 4. The number of rotatable bonds is 13. The minimum atomic E-state index is -0.704. The van der Waals surface area contributed by atoms with Crippen LogP contribution in [0.3, 0.4) is 0 Å². The zero-order valence-electron chi connectivity index (χ0n) is 36.5. The molecule has 62 heavy (non-hydrogen) atoms. The first-order valence-electron chi connectivity index (χ1n) is 21.9. The van der Waals surface area contributed by atoms with Crippen molar-refractivity contribution in [1.82, 2.24) is 40.4 Å². The van der Waals surface area contributed by atoms with Crippen molar-refractivity contribution >= 4 is 34.8 Å². The molecule has 1 saturated heterocycles. The topological polar surface area (TPSA) is 175 Å². The smallest absolute Gasteiger partial charge is 0.407 e. The molecule has 326 valence electrons. The van der Waals surface area contributed by atoms with E-state index >= 15 is 0 Å². The Morgan fingerprint density at radius 1 is 0.839 bits per heavy atom. The van der Waals surface area contributed by atoms with Crippen LogP contribution in [-0.4, -0.2) is 92.6 Å². The molecule has 14 nitrogen and oxygen atoms in total. The Labute approximate surface area is 362 Å². The Morgan fingerprint density at radius 2 is 1.47 bits per heavy atom. The molecule has 14 heteroatoms. The van der Waals surface area contributed by atoms with Crippen LogP contribution in [-0.2, 0) is 25.6 Å². The third-order valence-corrected chi connectivity index (χ3v) is 13.3. The summed E-state index contributed by atoms with van der Waals surface area (Å²) in [5.74, 6) is 1.62. The Kier molecular flexibility index (Phi) is 12.1. The summed E-state index contributed by atoms with van der Waals surface area (Å²) in [4.78, 5) is 72.1. The number of aromatic amines is 2. The van der Waals surface area contributed by atoms with Gasteiger partial charge in [0.05, 0.1) is 50.6 Å². The van der Waals surface area contributed by atoms with Crippen molar-refractivity contribution in [2.24, 2.45) is 17.3 Å². The first-order chi connectivity index (χ1) is 29.9. The van der Waals surface area contributed by atoms with Gasteiger partial charge in [-0.1, -0.05) is 76.2 Å². The van der Waals surface area contributed by atoms with Gasteiger partial charge in [0.25, 0.3) is 0 Å². The van der Waals surface area contributed by atoms with Gasteiger partial charge < -0.3 is 39.9 Å². The first-order valence-corrected chi connectivity index (χ1v) is 21.9. The van der Waals surface area contributed by atoms with Gasteiger partial charge in [-0.3, -0.25) is 9.59 Å². The number of carbonyl (C=O) groups excluding carboxylic acids is 4. The lowest BCUT2D eigenvalue weighted by Gasteiger charge is -2.33. The normalized spacial score (nSPS) is 20.0. The van der Waals surface area contributed by atoms with Crippen LogP contribution in [0.25, 0.3) is 44.4 Å². The Hall–Kier alpha value is -6.18. The fraction of sp³-hybridized carbons (Fsp3) is 0.458. The lowest BCUT2D eigenvalue weighted by molar-refractivity contribution is -0.137. The SMILES string of the molecule is CC[C@H](NC(=O)OC)C(=O)N1CC2(CC2)C[C@H]1c1ncc(-c2ccc3cc(-c4ccc(-c5cnc(CN(C(=O)[C@@H](NC(=O)OC)C(C)C)[C@@H]6CC[C@H](C)C6)[nH]5)cc4)ccc3c2)[nH]1. The van der Waals surface area contributed by atoms with Gasteiger partial charge in [0.2, 0.25) is 11.8 Å². The van der Waals surface area contributed by atoms with Crippen molar-refractivity contribution < 1.29 is 28.7 Å². The number of ether oxygens (including phenoxy) is 2. The van der Waals surface area contributed by atoms with E-state index in [0.717, 1.165) is 88.8 Å². The van der Waals surface area contributed by atoms with Gasteiger partial charge in [-0.2, -0.15) is 0 Å². The number of benzene rings is 3. The molecular weight excluding hydrogens is 785 g/mol. The molecule has 5 atom stereocenters. The van der Waals surface area contributed by atoms with Crippen LogP contribution in [0, 0.1) is 17.3 Å². The highest BCUT2D eigenvalue weighted by Crippen LogP contribution is 2.58. The van der Waals surface area contributed by atoms with Crippen molar-refractivity contribution in [3.63, 3.8) is 0 Å². The van der Waals surface area contributed by atoms with E-state index in [9.17, 15) is 19.2 Å². The number of aromatic nitrogens is 4. The maximum atomic E-state index is 14.0. The van der Waals surface area contributed by atoms with Crippen molar-refractivity contribution in [3.05, 3.63) is 84.7 Å². The number of imidazole rings is 2. The van der Waals surface area contributed by atoms with Crippen LogP contribution in [0.4, 0.5) is 9.59 Å². The van der Waals surface area contributed by atoms with Crippen LogP contribution >= 0.6 is 0 Å². The molecule has 8 rings (SSSR count). The summed E-state index contributed by atoms with van der Waals surface area (Å²) in [5, 5.41) is 7.66. The van der Waals surface area contributed by atoms with Crippen LogP contribution in [0.5, 0.6) is 0 Å². The highest BCUT2D eigenvalue weighted by Gasteiger charge is 2.55. The van der Waals surface area contributed by atoms with Gasteiger partial charge in [0, 0.05) is 18.2 Å². The van der Waals surface area contributed by atoms with Gasteiger partial charge in [0.1, 0.15) is 23.7 Å². The van der Waals surface area contributed by atoms with Gasteiger partial charge in [-0.15, -0.1) is 0 Å². The molecule has 4 amide bonds. The molecule has 2 aromatic heterocycles. The largest absolute Gasteiger partial charge is 0.453 e. The number of carbonyl (C=O) groups is 4. The van der Waals surface area contributed by atoms with Crippen molar-refractivity contribution in [3.8, 4) is 33.6 Å².